The van der Waals surface area contributed by atoms with Gasteiger partial charge in [-0.15, -0.1) is 12.4 Å². The Hall–Kier alpha value is -0.870. The SMILES string of the molecule is Cc1cc(C(F)(F)F)ccc1S(=O)(=O)N1CCC(N2CCNCC2)C1.Cl. The number of rotatable bonds is 3. The molecule has 0 saturated carbocycles. The smallest absolute Gasteiger partial charge is 0.314 e. The maximum absolute atomic E-state index is 12.9. The molecule has 0 aliphatic carbocycles. The summed E-state index contributed by atoms with van der Waals surface area (Å²) in [4.78, 5) is 2.24. The van der Waals surface area contributed by atoms with Crippen molar-refractivity contribution in [1.82, 2.24) is 14.5 Å². The van der Waals surface area contributed by atoms with Crippen LogP contribution in [0.1, 0.15) is 17.5 Å². The van der Waals surface area contributed by atoms with E-state index in [4.69, 9.17) is 0 Å². The molecule has 1 N–H and O–H groups in total. The van der Waals surface area contributed by atoms with Crippen LogP contribution in [0.25, 0.3) is 0 Å². The molecule has 5 nitrogen and oxygen atoms in total. The molecule has 0 spiro atoms. The van der Waals surface area contributed by atoms with Crippen LogP contribution in [0.5, 0.6) is 0 Å². The summed E-state index contributed by atoms with van der Waals surface area (Å²) in [7, 11) is -3.78. The highest BCUT2D eigenvalue weighted by Crippen LogP contribution is 2.33. The number of aryl methyl sites for hydroxylation is 1. The maximum atomic E-state index is 12.9. The number of hydrogen-bond donors (Lipinski definition) is 1. The van der Waals surface area contributed by atoms with E-state index >= 15 is 0 Å². The van der Waals surface area contributed by atoms with Gasteiger partial charge in [0.05, 0.1) is 10.5 Å². The van der Waals surface area contributed by atoms with Gasteiger partial charge in [-0.2, -0.15) is 17.5 Å². The molecule has 0 radical (unpaired) electrons. The Bertz CT molecular complexity index is 737. The van der Waals surface area contributed by atoms with Crippen LogP contribution >= 0.6 is 12.4 Å². The monoisotopic (exact) mass is 413 g/mol. The van der Waals surface area contributed by atoms with Crippen molar-refractivity contribution in [2.75, 3.05) is 39.3 Å². The quantitative estimate of drug-likeness (QED) is 0.824. The average molecular weight is 414 g/mol. The molecule has 1 atom stereocenters. The summed E-state index contributed by atoms with van der Waals surface area (Å²) >= 11 is 0. The Balaban J connectivity index is 0.00000243. The van der Waals surface area contributed by atoms with E-state index in [-0.39, 0.29) is 28.9 Å². The van der Waals surface area contributed by atoms with E-state index in [0.717, 1.165) is 50.8 Å². The van der Waals surface area contributed by atoms with Gasteiger partial charge in [0.1, 0.15) is 0 Å². The van der Waals surface area contributed by atoms with E-state index in [9.17, 15) is 21.6 Å². The zero-order valence-corrected chi connectivity index (χ0v) is 16.1. The molecule has 26 heavy (non-hydrogen) atoms. The number of hydrogen-bond acceptors (Lipinski definition) is 4. The van der Waals surface area contributed by atoms with E-state index in [0.29, 0.717) is 13.1 Å². The van der Waals surface area contributed by atoms with Crippen LogP contribution in [0.3, 0.4) is 0 Å². The van der Waals surface area contributed by atoms with Gasteiger partial charge in [-0.25, -0.2) is 8.42 Å². The molecule has 0 aromatic heterocycles. The Morgan fingerprint density at radius 1 is 1.15 bits per heavy atom. The summed E-state index contributed by atoms with van der Waals surface area (Å²) in [6.07, 6.45) is -3.73. The van der Waals surface area contributed by atoms with E-state index < -0.39 is 21.8 Å². The molecule has 2 aliphatic rings. The van der Waals surface area contributed by atoms with Crippen LogP contribution in [0.2, 0.25) is 0 Å². The Morgan fingerprint density at radius 3 is 2.38 bits per heavy atom. The molecule has 1 aromatic carbocycles. The van der Waals surface area contributed by atoms with Crippen molar-refractivity contribution in [3.05, 3.63) is 29.3 Å². The molecular formula is C16H23ClF3N3O2S. The van der Waals surface area contributed by atoms with Crippen LogP contribution in [-0.2, 0) is 16.2 Å². The minimum absolute atomic E-state index is 0. The summed E-state index contributed by atoms with van der Waals surface area (Å²) in [5, 5.41) is 3.26. The van der Waals surface area contributed by atoms with Gasteiger partial charge in [-0.05, 0) is 37.1 Å². The lowest BCUT2D eigenvalue weighted by molar-refractivity contribution is -0.137. The van der Waals surface area contributed by atoms with Gasteiger partial charge in [-0.3, -0.25) is 4.90 Å². The average Bonchev–Trinajstić information content (AvgIpc) is 3.05. The third-order valence-electron chi connectivity index (χ3n) is 4.91. The number of nitrogens with one attached hydrogen (secondary N) is 1. The van der Waals surface area contributed by atoms with Crippen molar-refractivity contribution < 1.29 is 21.6 Å². The second kappa shape index (κ2) is 8.02. The fourth-order valence-corrected chi connectivity index (χ4v) is 5.23. The van der Waals surface area contributed by atoms with Crippen molar-refractivity contribution in [3.63, 3.8) is 0 Å². The molecule has 3 rings (SSSR count). The van der Waals surface area contributed by atoms with E-state index in [1.165, 1.54) is 11.2 Å². The third-order valence-corrected chi connectivity index (χ3v) is 6.94. The minimum atomic E-state index is -4.48. The first-order valence-corrected chi connectivity index (χ1v) is 9.76. The van der Waals surface area contributed by atoms with Crippen molar-refractivity contribution in [2.24, 2.45) is 0 Å². The number of benzene rings is 1. The predicted octanol–water partition coefficient (Wildman–Crippen LogP) is 2.10. The number of nitrogens with zero attached hydrogens (tertiary/aromatic N) is 2. The van der Waals surface area contributed by atoms with Gasteiger partial charge >= 0.3 is 6.18 Å². The van der Waals surface area contributed by atoms with Crippen LogP contribution in [0.15, 0.2) is 23.1 Å². The first-order valence-electron chi connectivity index (χ1n) is 8.32. The molecule has 2 aliphatic heterocycles. The van der Waals surface area contributed by atoms with E-state index in [1.54, 1.807) is 0 Å². The molecule has 0 amide bonds. The van der Waals surface area contributed by atoms with Crippen molar-refractivity contribution in [2.45, 2.75) is 30.5 Å². The summed E-state index contributed by atoms with van der Waals surface area (Å²) in [6.45, 7) is 5.75. The maximum Gasteiger partial charge on any atom is 0.416 e. The summed E-state index contributed by atoms with van der Waals surface area (Å²) < 4.78 is 65.5. The molecule has 0 bridgehead atoms. The molecule has 1 aromatic rings. The molecule has 2 saturated heterocycles. The standard InChI is InChI=1S/C16H22F3N3O2S.ClH/c1-12-10-13(16(17,18)19)2-3-15(12)25(23,24)22-7-4-14(11-22)21-8-5-20-6-9-21;/h2-3,10,14,20H,4-9,11H2,1H3;1H. The minimum Gasteiger partial charge on any atom is -0.314 e. The molecule has 2 heterocycles. The van der Waals surface area contributed by atoms with Gasteiger partial charge in [-0.1, -0.05) is 0 Å². The Labute approximate surface area is 158 Å². The van der Waals surface area contributed by atoms with Gasteiger partial charge in [0.15, 0.2) is 0 Å². The number of halogens is 4. The summed E-state index contributed by atoms with van der Waals surface area (Å²) in [5.74, 6) is 0. The Kier molecular flexibility index (Phi) is 6.61. The molecule has 1 unspecified atom stereocenters. The van der Waals surface area contributed by atoms with Gasteiger partial charge in [0.2, 0.25) is 10.0 Å². The largest absolute Gasteiger partial charge is 0.416 e. The fraction of sp³-hybridized carbons (Fsp3) is 0.625. The van der Waals surface area contributed by atoms with Crippen LogP contribution in [-0.4, -0.2) is 62.9 Å². The number of alkyl halides is 3. The summed E-state index contributed by atoms with van der Waals surface area (Å²) in [5.41, 5.74) is -0.704. The van der Waals surface area contributed by atoms with Crippen molar-refractivity contribution in [1.29, 1.82) is 0 Å². The highest BCUT2D eigenvalue weighted by Gasteiger charge is 2.37. The van der Waals surface area contributed by atoms with E-state index in [1.807, 2.05) is 0 Å². The number of sulfonamides is 1. The highest BCUT2D eigenvalue weighted by molar-refractivity contribution is 7.89. The lowest BCUT2D eigenvalue weighted by Gasteiger charge is -2.32. The lowest BCUT2D eigenvalue weighted by Crippen LogP contribution is -2.49. The second-order valence-electron chi connectivity index (χ2n) is 6.57. The second-order valence-corrected chi connectivity index (χ2v) is 8.48. The topological polar surface area (TPSA) is 52.7 Å². The molecule has 148 valence electrons. The predicted molar refractivity (Wildman–Crippen MR) is 95.0 cm³/mol. The van der Waals surface area contributed by atoms with Crippen LogP contribution < -0.4 is 5.32 Å². The zero-order valence-electron chi connectivity index (χ0n) is 14.4. The van der Waals surface area contributed by atoms with E-state index in [2.05, 4.69) is 10.2 Å². The van der Waals surface area contributed by atoms with Crippen LogP contribution in [0, 0.1) is 6.92 Å². The molecule has 2 fully saturated rings. The zero-order chi connectivity index (χ0) is 18.2. The first-order chi connectivity index (χ1) is 11.7. The lowest BCUT2D eigenvalue weighted by atomic mass is 10.1. The number of piperazine rings is 1. The first kappa shape index (κ1) is 21.4. The Morgan fingerprint density at radius 2 is 1.81 bits per heavy atom. The summed E-state index contributed by atoms with van der Waals surface area (Å²) in [6, 6.07) is 2.98. The fourth-order valence-electron chi connectivity index (χ4n) is 3.53. The van der Waals surface area contributed by atoms with Gasteiger partial charge in [0.25, 0.3) is 0 Å². The molecule has 10 heteroatoms. The van der Waals surface area contributed by atoms with Gasteiger partial charge in [0, 0.05) is 45.3 Å². The van der Waals surface area contributed by atoms with Gasteiger partial charge < -0.3 is 5.32 Å². The van der Waals surface area contributed by atoms with Crippen molar-refractivity contribution in [3.8, 4) is 0 Å². The van der Waals surface area contributed by atoms with Crippen LogP contribution in [0.4, 0.5) is 13.2 Å². The normalized spacial score (nSPS) is 23.0. The third kappa shape index (κ3) is 4.33. The molecular weight excluding hydrogens is 391 g/mol. The van der Waals surface area contributed by atoms with Crippen molar-refractivity contribution >= 4 is 22.4 Å². The highest BCUT2D eigenvalue weighted by atomic mass is 35.5.